The molecule has 1 N–H and O–H groups in total. The van der Waals surface area contributed by atoms with Crippen LogP contribution in [0.3, 0.4) is 0 Å². The van der Waals surface area contributed by atoms with E-state index in [0.717, 1.165) is 6.92 Å². The van der Waals surface area contributed by atoms with Crippen LogP contribution in [0.4, 0.5) is 0 Å². The highest BCUT2D eigenvalue weighted by molar-refractivity contribution is 6.31. The molecule has 0 aromatic carbocycles. The number of carbonyl (C=O) groups excluding carboxylic acids is 3. The number of rotatable bonds is 1. The maximum Gasteiger partial charge on any atom is 0.205 e. The van der Waals surface area contributed by atoms with Crippen molar-refractivity contribution < 1.29 is 19.5 Å². The number of allylic oxidation sites excluding steroid dienone is 1. The maximum atomic E-state index is 11.6. The van der Waals surface area contributed by atoms with Gasteiger partial charge in [-0.1, -0.05) is 5.57 Å². The summed E-state index contributed by atoms with van der Waals surface area (Å²) < 4.78 is 0. The van der Waals surface area contributed by atoms with Gasteiger partial charge in [0.1, 0.15) is 0 Å². The van der Waals surface area contributed by atoms with Crippen LogP contribution >= 0.6 is 0 Å². The number of carbonyl (C=O) groups is 3. The van der Waals surface area contributed by atoms with Crippen molar-refractivity contribution in [2.45, 2.75) is 32.8 Å². The predicted octanol–water partition coefficient (Wildman–Crippen LogP) is 0.185. The second-order valence-corrected chi connectivity index (χ2v) is 3.71. The van der Waals surface area contributed by atoms with Gasteiger partial charge in [-0.3, -0.25) is 14.4 Å². The summed E-state index contributed by atoms with van der Waals surface area (Å²) in [5, 5.41) is 9.56. The van der Waals surface area contributed by atoms with E-state index in [1.165, 1.54) is 6.92 Å². The highest BCUT2D eigenvalue weighted by Crippen LogP contribution is 2.26. The first kappa shape index (κ1) is 10.8. The smallest absolute Gasteiger partial charge is 0.205 e. The highest BCUT2D eigenvalue weighted by atomic mass is 16.3. The predicted molar refractivity (Wildman–Crippen MR) is 48.6 cm³/mol. The molecule has 1 rings (SSSR count). The maximum absolute atomic E-state index is 11.6. The van der Waals surface area contributed by atoms with Crippen LogP contribution in [0.2, 0.25) is 0 Å². The Morgan fingerprint density at radius 1 is 1.43 bits per heavy atom. The van der Waals surface area contributed by atoms with Gasteiger partial charge in [0, 0.05) is 6.42 Å². The van der Waals surface area contributed by atoms with Gasteiger partial charge in [-0.15, -0.1) is 0 Å². The fourth-order valence-corrected chi connectivity index (χ4v) is 1.53. The Kier molecular flexibility index (Phi) is 2.41. The standard InChI is InChI=1S/C10H12O4/c1-5-4-7(12)10(3,14)9(13)8(5)6(2)11/h14H,4H2,1-3H3/t10-/m1/s1. The van der Waals surface area contributed by atoms with Crippen LogP contribution in [0.1, 0.15) is 27.2 Å². The Hall–Kier alpha value is -1.29. The van der Waals surface area contributed by atoms with Crippen LogP contribution in [0.15, 0.2) is 11.1 Å². The zero-order valence-corrected chi connectivity index (χ0v) is 8.38. The molecule has 0 aromatic rings. The first-order valence-electron chi connectivity index (χ1n) is 4.29. The molecule has 1 aliphatic rings. The van der Waals surface area contributed by atoms with Crippen molar-refractivity contribution in [1.82, 2.24) is 0 Å². The summed E-state index contributed by atoms with van der Waals surface area (Å²) in [4.78, 5) is 34.0. The minimum Gasteiger partial charge on any atom is -0.374 e. The summed E-state index contributed by atoms with van der Waals surface area (Å²) in [7, 11) is 0. The number of hydrogen-bond acceptors (Lipinski definition) is 4. The molecule has 4 nitrogen and oxygen atoms in total. The summed E-state index contributed by atoms with van der Waals surface area (Å²) in [6.45, 7) is 3.94. The third-order valence-electron chi connectivity index (χ3n) is 2.42. The zero-order valence-electron chi connectivity index (χ0n) is 8.38. The van der Waals surface area contributed by atoms with Gasteiger partial charge in [-0.25, -0.2) is 0 Å². The Balaban J connectivity index is 3.31. The molecule has 14 heavy (non-hydrogen) atoms. The molecule has 0 aromatic heterocycles. The number of aliphatic hydroxyl groups is 1. The monoisotopic (exact) mass is 196 g/mol. The first-order valence-corrected chi connectivity index (χ1v) is 4.29. The van der Waals surface area contributed by atoms with Crippen molar-refractivity contribution >= 4 is 17.3 Å². The van der Waals surface area contributed by atoms with E-state index in [1.54, 1.807) is 6.92 Å². The molecule has 0 bridgehead atoms. The van der Waals surface area contributed by atoms with Gasteiger partial charge in [0.05, 0.1) is 5.57 Å². The molecule has 0 aliphatic heterocycles. The molecule has 4 heteroatoms. The normalized spacial score (nSPS) is 28.3. The van der Waals surface area contributed by atoms with Crippen LogP contribution in [-0.2, 0) is 14.4 Å². The largest absolute Gasteiger partial charge is 0.374 e. The van der Waals surface area contributed by atoms with Crippen LogP contribution in [-0.4, -0.2) is 28.1 Å². The molecular weight excluding hydrogens is 184 g/mol. The zero-order chi connectivity index (χ0) is 11.1. The van der Waals surface area contributed by atoms with E-state index < -0.39 is 23.0 Å². The van der Waals surface area contributed by atoms with Crippen LogP contribution in [0.25, 0.3) is 0 Å². The van der Waals surface area contributed by atoms with Crippen molar-refractivity contribution in [3.63, 3.8) is 0 Å². The van der Waals surface area contributed by atoms with E-state index in [-0.39, 0.29) is 12.0 Å². The van der Waals surface area contributed by atoms with E-state index in [4.69, 9.17) is 0 Å². The minimum atomic E-state index is -2.03. The molecule has 0 heterocycles. The topological polar surface area (TPSA) is 71.4 Å². The molecule has 0 radical (unpaired) electrons. The summed E-state index contributed by atoms with van der Waals surface area (Å²) in [6.07, 6.45) is -0.0341. The first-order chi connectivity index (χ1) is 6.28. The van der Waals surface area contributed by atoms with Crippen LogP contribution in [0.5, 0.6) is 0 Å². The van der Waals surface area contributed by atoms with Crippen LogP contribution in [0, 0.1) is 0 Å². The van der Waals surface area contributed by atoms with Crippen molar-refractivity contribution in [3.8, 4) is 0 Å². The van der Waals surface area contributed by atoms with Crippen molar-refractivity contribution in [1.29, 1.82) is 0 Å². The van der Waals surface area contributed by atoms with E-state index in [0.29, 0.717) is 5.57 Å². The molecule has 0 unspecified atom stereocenters. The third kappa shape index (κ3) is 1.42. The molecule has 0 saturated carbocycles. The van der Waals surface area contributed by atoms with Gasteiger partial charge < -0.3 is 5.11 Å². The lowest BCUT2D eigenvalue weighted by molar-refractivity contribution is -0.147. The Labute approximate surface area is 81.6 Å². The second-order valence-electron chi connectivity index (χ2n) is 3.71. The van der Waals surface area contributed by atoms with Gasteiger partial charge in [0.2, 0.25) is 5.78 Å². The average molecular weight is 196 g/mol. The summed E-state index contributed by atoms with van der Waals surface area (Å²) in [6, 6.07) is 0. The van der Waals surface area contributed by atoms with Gasteiger partial charge >= 0.3 is 0 Å². The van der Waals surface area contributed by atoms with Gasteiger partial charge in [0.25, 0.3) is 0 Å². The molecule has 0 fully saturated rings. The Morgan fingerprint density at radius 2 is 1.93 bits per heavy atom. The van der Waals surface area contributed by atoms with Crippen molar-refractivity contribution in [2.75, 3.05) is 0 Å². The quantitative estimate of drug-likeness (QED) is 0.480. The third-order valence-corrected chi connectivity index (χ3v) is 2.42. The van der Waals surface area contributed by atoms with E-state index >= 15 is 0 Å². The van der Waals surface area contributed by atoms with Gasteiger partial charge in [-0.2, -0.15) is 0 Å². The number of ketones is 3. The summed E-state index contributed by atoms with van der Waals surface area (Å²) in [5.41, 5.74) is -1.62. The van der Waals surface area contributed by atoms with E-state index in [2.05, 4.69) is 0 Å². The van der Waals surface area contributed by atoms with Gasteiger partial charge in [-0.05, 0) is 20.8 Å². The minimum absolute atomic E-state index is 0.0328. The van der Waals surface area contributed by atoms with Crippen molar-refractivity contribution in [2.24, 2.45) is 0 Å². The number of hydrogen-bond donors (Lipinski definition) is 1. The lowest BCUT2D eigenvalue weighted by Gasteiger charge is -2.26. The lowest BCUT2D eigenvalue weighted by Crippen LogP contribution is -2.48. The van der Waals surface area contributed by atoms with Crippen molar-refractivity contribution in [3.05, 3.63) is 11.1 Å². The Bertz CT molecular complexity index is 360. The number of Topliss-reactive ketones (excluding diaryl/α,β-unsaturated/α-hetero) is 3. The molecule has 0 amide bonds. The molecule has 76 valence electrons. The van der Waals surface area contributed by atoms with E-state index in [1.807, 2.05) is 0 Å². The molecular formula is C10H12O4. The Morgan fingerprint density at radius 3 is 2.36 bits per heavy atom. The SMILES string of the molecule is CC(=O)C1=C(C)CC(=O)[C@@](C)(O)C1=O. The summed E-state index contributed by atoms with van der Waals surface area (Å²) in [5.74, 6) is -1.73. The van der Waals surface area contributed by atoms with Gasteiger partial charge in [0.15, 0.2) is 17.2 Å². The second kappa shape index (κ2) is 3.13. The molecule has 1 atom stereocenters. The van der Waals surface area contributed by atoms with E-state index in [9.17, 15) is 19.5 Å². The summed E-state index contributed by atoms with van der Waals surface area (Å²) >= 11 is 0. The molecule has 0 saturated heterocycles. The fourth-order valence-electron chi connectivity index (χ4n) is 1.53. The fraction of sp³-hybridized carbons (Fsp3) is 0.500. The van der Waals surface area contributed by atoms with Crippen LogP contribution < -0.4 is 0 Å². The molecule has 0 spiro atoms. The molecule has 1 aliphatic carbocycles. The lowest BCUT2D eigenvalue weighted by atomic mass is 9.78. The average Bonchev–Trinajstić information content (AvgIpc) is 2.00. The highest BCUT2D eigenvalue weighted by Gasteiger charge is 2.45.